The summed E-state index contributed by atoms with van der Waals surface area (Å²) in [6.45, 7) is 20.1. The predicted octanol–water partition coefficient (Wildman–Crippen LogP) is 7.54. The van der Waals surface area contributed by atoms with E-state index in [-0.39, 0.29) is 34.9 Å². The number of hydrogen-bond acceptors (Lipinski definition) is 3. The molecule has 0 aromatic carbocycles. The summed E-state index contributed by atoms with van der Waals surface area (Å²) in [5.41, 5.74) is 2.27. The second-order valence-electron chi connectivity index (χ2n) is 16.6. The highest BCUT2D eigenvalue weighted by molar-refractivity contribution is 5.68. The first-order valence-corrected chi connectivity index (χ1v) is 16.7. The molecule has 5 saturated carbocycles. The molecule has 0 aliphatic heterocycles. The van der Waals surface area contributed by atoms with Crippen molar-refractivity contribution in [3.8, 4) is 0 Å². The third-order valence-corrected chi connectivity index (χ3v) is 14.9. The average Bonchev–Trinajstić information content (AvgIpc) is 3.32. The van der Waals surface area contributed by atoms with Crippen molar-refractivity contribution in [2.45, 2.75) is 118 Å². The number of fused-ring (bicyclic) bond motifs is 7. The minimum absolute atomic E-state index is 0.0247. The maximum absolute atomic E-state index is 13.0. The van der Waals surface area contributed by atoms with Gasteiger partial charge in [-0.15, -0.1) is 0 Å². The number of nitrogens with zero attached hydrogens (tertiary/aromatic N) is 1. The summed E-state index contributed by atoms with van der Waals surface area (Å²) in [7, 11) is 0. The van der Waals surface area contributed by atoms with Gasteiger partial charge in [-0.2, -0.15) is 4.57 Å². The number of aromatic nitrogens is 1. The van der Waals surface area contributed by atoms with Crippen molar-refractivity contribution in [1.82, 2.24) is 0 Å². The second kappa shape index (κ2) is 9.93. The van der Waals surface area contributed by atoms with Gasteiger partial charge >= 0.3 is 5.97 Å². The predicted molar refractivity (Wildman–Crippen MR) is 163 cm³/mol. The number of rotatable bonds is 5. The maximum Gasteiger partial charge on any atom is 0.372 e. The molecule has 6 rings (SSSR count). The van der Waals surface area contributed by atoms with Crippen LogP contribution in [0.25, 0.3) is 0 Å². The maximum atomic E-state index is 13.0. The summed E-state index contributed by atoms with van der Waals surface area (Å²) in [5, 5.41) is 10.8. The molecule has 1 N–H and O–H groups in total. The molecule has 1 aromatic heterocycles. The van der Waals surface area contributed by atoms with Crippen molar-refractivity contribution in [2.24, 2.45) is 56.7 Å². The summed E-state index contributed by atoms with van der Waals surface area (Å²) in [5.74, 6) is 2.96. The van der Waals surface area contributed by atoms with E-state index in [1.807, 2.05) is 35.2 Å². The van der Waals surface area contributed by atoms with Gasteiger partial charge in [0.25, 0.3) is 0 Å². The molecular formula is C37H56NO3+. The summed E-state index contributed by atoms with van der Waals surface area (Å²) in [6, 6.07) is 5.89. The Morgan fingerprint density at radius 2 is 1.61 bits per heavy atom. The van der Waals surface area contributed by atoms with E-state index in [1.54, 1.807) is 0 Å². The van der Waals surface area contributed by atoms with Crippen LogP contribution in [-0.2, 0) is 16.1 Å². The smallest absolute Gasteiger partial charge is 0.372 e. The number of aliphatic hydroxyl groups is 1. The van der Waals surface area contributed by atoms with Crippen molar-refractivity contribution in [3.05, 3.63) is 42.7 Å². The third kappa shape index (κ3) is 4.15. The Bertz CT molecular complexity index is 1180. The van der Waals surface area contributed by atoms with Gasteiger partial charge in [0, 0.05) is 24.2 Å². The summed E-state index contributed by atoms with van der Waals surface area (Å²) in [6.07, 6.45) is 15.9. The van der Waals surface area contributed by atoms with E-state index >= 15 is 0 Å². The Balaban J connectivity index is 1.25. The van der Waals surface area contributed by atoms with E-state index in [1.165, 1.54) is 56.9 Å². The Labute approximate surface area is 249 Å². The van der Waals surface area contributed by atoms with E-state index in [0.29, 0.717) is 47.0 Å². The molecular weight excluding hydrogens is 506 g/mol. The molecule has 0 spiro atoms. The highest BCUT2D eigenvalue weighted by atomic mass is 16.5. The number of hydrogen-bond donors (Lipinski definition) is 1. The topological polar surface area (TPSA) is 50.4 Å². The van der Waals surface area contributed by atoms with Crippen LogP contribution < -0.4 is 4.57 Å². The SMILES string of the molecule is C=C(C)C1CC[C@]2(CO)CC[C@]3(C)C(CCC4[C@@]5(C)CC[C@H](OC(=O)C[n+]6ccccc6)C(C)(C)C5CC[C@]43C)C12. The number of allylic oxidation sites excluding steroid dienone is 1. The van der Waals surface area contributed by atoms with Crippen LogP contribution in [0.1, 0.15) is 106 Å². The van der Waals surface area contributed by atoms with Crippen molar-refractivity contribution < 1.29 is 19.2 Å². The van der Waals surface area contributed by atoms with Crippen LogP contribution >= 0.6 is 0 Å². The average molecular weight is 563 g/mol. The molecule has 0 bridgehead atoms. The summed E-state index contributed by atoms with van der Waals surface area (Å²) >= 11 is 0. The molecule has 5 fully saturated rings. The van der Waals surface area contributed by atoms with Crippen molar-refractivity contribution in [2.75, 3.05) is 6.61 Å². The largest absolute Gasteiger partial charge is 0.457 e. The lowest BCUT2D eigenvalue weighted by molar-refractivity contribution is -0.686. The van der Waals surface area contributed by atoms with Crippen molar-refractivity contribution >= 4 is 5.97 Å². The highest BCUT2D eigenvalue weighted by Crippen LogP contribution is 2.77. The van der Waals surface area contributed by atoms with Gasteiger partial charge in [-0.05, 0) is 122 Å². The van der Waals surface area contributed by atoms with Crippen molar-refractivity contribution in [3.63, 3.8) is 0 Å². The van der Waals surface area contributed by atoms with Crippen LogP contribution in [0.3, 0.4) is 0 Å². The number of ether oxygens (including phenoxy) is 1. The highest BCUT2D eigenvalue weighted by Gasteiger charge is 2.71. The lowest BCUT2D eigenvalue weighted by atomic mass is 9.32. The first-order chi connectivity index (χ1) is 19.3. The van der Waals surface area contributed by atoms with Gasteiger partial charge in [0.2, 0.25) is 6.54 Å². The molecule has 0 radical (unpaired) electrons. The normalized spacial score (nSPS) is 46.4. The number of carbonyl (C=O) groups excluding carboxylic acids is 1. The van der Waals surface area contributed by atoms with Gasteiger partial charge in [0.15, 0.2) is 12.4 Å². The minimum Gasteiger partial charge on any atom is -0.457 e. The molecule has 0 amide bonds. The van der Waals surface area contributed by atoms with E-state index in [0.717, 1.165) is 12.8 Å². The second-order valence-corrected chi connectivity index (χ2v) is 16.6. The zero-order valence-electron chi connectivity index (χ0n) is 26.8. The molecule has 1 aromatic rings. The van der Waals surface area contributed by atoms with Crippen LogP contribution in [0.15, 0.2) is 42.7 Å². The van der Waals surface area contributed by atoms with Gasteiger partial charge in [-0.3, -0.25) is 0 Å². The molecule has 1 heterocycles. The number of aliphatic hydroxyl groups excluding tert-OH is 1. The summed E-state index contributed by atoms with van der Waals surface area (Å²) in [4.78, 5) is 13.0. The molecule has 5 aliphatic carbocycles. The van der Waals surface area contributed by atoms with E-state index in [4.69, 9.17) is 4.74 Å². The van der Waals surface area contributed by atoms with Crippen molar-refractivity contribution in [1.29, 1.82) is 0 Å². The molecule has 5 unspecified atom stereocenters. The molecule has 4 nitrogen and oxygen atoms in total. The van der Waals surface area contributed by atoms with Crippen LogP contribution in [0.4, 0.5) is 0 Å². The molecule has 10 atom stereocenters. The first kappa shape index (κ1) is 29.4. The van der Waals surface area contributed by atoms with E-state index in [2.05, 4.69) is 48.1 Å². The van der Waals surface area contributed by atoms with Crippen LogP contribution in [-0.4, -0.2) is 23.8 Å². The Morgan fingerprint density at radius 1 is 0.878 bits per heavy atom. The fourth-order valence-electron chi connectivity index (χ4n) is 12.6. The quantitative estimate of drug-likeness (QED) is 0.229. The molecule has 0 saturated heterocycles. The fourth-order valence-corrected chi connectivity index (χ4v) is 12.6. The van der Waals surface area contributed by atoms with Gasteiger partial charge in [-0.1, -0.05) is 52.8 Å². The minimum atomic E-state index is -0.116. The van der Waals surface area contributed by atoms with Gasteiger partial charge in [0.1, 0.15) is 6.10 Å². The van der Waals surface area contributed by atoms with E-state index < -0.39 is 0 Å². The number of pyridine rings is 1. The Kier molecular flexibility index (Phi) is 7.12. The lowest BCUT2D eigenvalue weighted by Gasteiger charge is -2.73. The zero-order chi connectivity index (χ0) is 29.4. The standard InChI is InChI=1S/C37H56NO3/c1-25(2)26-13-18-37(24-39)20-19-35(6)27(32(26)37)11-12-29-34(5)16-15-30(33(3,4)28(34)14-17-36(29,35)7)41-31(40)23-38-21-9-8-10-22-38/h8-10,21-22,26-30,32,39H,1,11-20,23-24H2,2-7H3/q+1/t26?,27?,28?,29?,30-,32?,34-,35+,36+,37+/m0/s1. The lowest BCUT2D eigenvalue weighted by Crippen LogP contribution is -2.67. The zero-order valence-corrected chi connectivity index (χ0v) is 26.8. The van der Waals surface area contributed by atoms with Gasteiger partial charge in [0.05, 0.1) is 0 Å². The molecule has 4 heteroatoms. The molecule has 226 valence electrons. The van der Waals surface area contributed by atoms with Gasteiger partial charge < -0.3 is 9.84 Å². The third-order valence-electron chi connectivity index (χ3n) is 14.9. The monoisotopic (exact) mass is 562 g/mol. The van der Waals surface area contributed by atoms with E-state index in [9.17, 15) is 9.90 Å². The number of esters is 1. The fraction of sp³-hybridized carbons (Fsp3) is 0.784. The Hall–Kier alpha value is -1.68. The molecule has 41 heavy (non-hydrogen) atoms. The van der Waals surface area contributed by atoms with Gasteiger partial charge in [-0.25, -0.2) is 4.79 Å². The number of carbonyl (C=O) groups is 1. The van der Waals surface area contributed by atoms with Crippen LogP contribution in [0, 0.1) is 56.7 Å². The van der Waals surface area contributed by atoms with Crippen LogP contribution in [0.2, 0.25) is 0 Å². The summed E-state index contributed by atoms with van der Waals surface area (Å²) < 4.78 is 8.19. The first-order valence-electron chi connectivity index (χ1n) is 16.7. The Morgan fingerprint density at radius 3 is 2.29 bits per heavy atom. The molecule has 5 aliphatic rings. The van der Waals surface area contributed by atoms with Crippen LogP contribution in [0.5, 0.6) is 0 Å².